The topological polar surface area (TPSA) is 6.48 Å². The maximum absolute atomic E-state index is 2.72. The monoisotopic (exact) mass is 248 g/mol. The van der Waals surface area contributed by atoms with Crippen molar-refractivity contribution in [2.45, 2.75) is 39.2 Å². The molecule has 0 N–H and O–H groups in total. The van der Waals surface area contributed by atoms with E-state index < -0.39 is 0 Å². The average molecular weight is 248 g/mol. The molecular weight excluding hydrogens is 220 g/mol. The normalized spacial score (nSPS) is 38.4. The third kappa shape index (κ3) is 2.50. The van der Waals surface area contributed by atoms with Gasteiger partial charge >= 0.3 is 0 Å². The molecule has 18 heavy (non-hydrogen) atoms. The molecule has 4 atom stereocenters. The SMILES string of the molecule is CCC(C)N1CCN(CC2CC3C=CC2C3)CC1. The minimum absolute atomic E-state index is 0.776. The first-order chi connectivity index (χ1) is 8.76. The summed E-state index contributed by atoms with van der Waals surface area (Å²) in [6.45, 7) is 11.2. The largest absolute Gasteiger partial charge is 0.300 e. The second kappa shape index (κ2) is 5.34. The van der Waals surface area contributed by atoms with Crippen LogP contribution in [0.5, 0.6) is 0 Å². The number of piperazine rings is 1. The molecule has 3 rings (SSSR count). The zero-order valence-electron chi connectivity index (χ0n) is 12.0. The Bertz CT molecular complexity index is 304. The first-order valence-electron chi connectivity index (χ1n) is 7.91. The van der Waals surface area contributed by atoms with Crippen LogP contribution in [-0.2, 0) is 0 Å². The van der Waals surface area contributed by atoms with Gasteiger partial charge in [0.2, 0.25) is 0 Å². The molecule has 2 aliphatic carbocycles. The van der Waals surface area contributed by atoms with Crippen molar-refractivity contribution in [2.24, 2.45) is 17.8 Å². The molecule has 0 aromatic heterocycles. The van der Waals surface area contributed by atoms with Gasteiger partial charge in [-0.2, -0.15) is 0 Å². The fraction of sp³-hybridized carbons (Fsp3) is 0.875. The summed E-state index contributed by atoms with van der Waals surface area (Å²) in [6.07, 6.45) is 9.16. The van der Waals surface area contributed by atoms with E-state index in [1.54, 1.807) is 0 Å². The van der Waals surface area contributed by atoms with Crippen LogP contribution in [0.3, 0.4) is 0 Å². The van der Waals surface area contributed by atoms with Crippen LogP contribution in [0.4, 0.5) is 0 Å². The molecule has 3 aliphatic rings. The molecule has 0 amide bonds. The van der Waals surface area contributed by atoms with Crippen molar-refractivity contribution in [3.8, 4) is 0 Å². The van der Waals surface area contributed by atoms with Gasteiger partial charge in [0.25, 0.3) is 0 Å². The second-order valence-electron chi connectivity index (χ2n) is 6.63. The molecule has 0 spiro atoms. The van der Waals surface area contributed by atoms with Crippen LogP contribution in [0.15, 0.2) is 12.2 Å². The molecule has 2 bridgehead atoms. The Balaban J connectivity index is 1.45. The van der Waals surface area contributed by atoms with Gasteiger partial charge in [-0.05, 0) is 43.9 Å². The molecule has 0 aromatic rings. The summed E-state index contributed by atoms with van der Waals surface area (Å²) in [4.78, 5) is 5.38. The Morgan fingerprint density at radius 3 is 2.44 bits per heavy atom. The summed E-state index contributed by atoms with van der Waals surface area (Å²) in [5.41, 5.74) is 0. The van der Waals surface area contributed by atoms with Gasteiger partial charge in [-0.3, -0.25) is 4.90 Å². The fourth-order valence-corrected chi connectivity index (χ4v) is 4.08. The number of hydrogen-bond donors (Lipinski definition) is 0. The maximum atomic E-state index is 2.72. The molecule has 2 fully saturated rings. The van der Waals surface area contributed by atoms with E-state index in [-0.39, 0.29) is 0 Å². The van der Waals surface area contributed by atoms with E-state index in [9.17, 15) is 0 Å². The van der Waals surface area contributed by atoms with Crippen molar-refractivity contribution < 1.29 is 0 Å². The van der Waals surface area contributed by atoms with Crippen molar-refractivity contribution in [3.05, 3.63) is 12.2 Å². The second-order valence-corrected chi connectivity index (χ2v) is 6.63. The summed E-state index contributed by atoms with van der Waals surface area (Å²) >= 11 is 0. The van der Waals surface area contributed by atoms with Crippen molar-refractivity contribution in [1.29, 1.82) is 0 Å². The molecule has 2 heteroatoms. The molecule has 2 nitrogen and oxygen atoms in total. The molecule has 1 aliphatic heterocycles. The van der Waals surface area contributed by atoms with E-state index in [2.05, 4.69) is 35.8 Å². The zero-order valence-corrected chi connectivity index (χ0v) is 12.0. The van der Waals surface area contributed by atoms with Gasteiger partial charge in [-0.1, -0.05) is 19.1 Å². The lowest BCUT2D eigenvalue weighted by Gasteiger charge is -2.39. The van der Waals surface area contributed by atoms with E-state index in [1.165, 1.54) is 52.0 Å². The Morgan fingerprint density at radius 2 is 1.89 bits per heavy atom. The Hall–Kier alpha value is -0.340. The van der Waals surface area contributed by atoms with E-state index >= 15 is 0 Å². The van der Waals surface area contributed by atoms with Crippen LogP contribution < -0.4 is 0 Å². The minimum atomic E-state index is 0.776. The molecule has 1 saturated heterocycles. The van der Waals surface area contributed by atoms with Gasteiger partial charge in [0, 0.05) is 38.8 Å². The summed E-state index contributed by atoms with van der Waals surface area (Å²) in [7, 11) is 0. The van der Waals surface area contributed by atoms with Crippen LogP contribution in [0.25, 0.3) is 0 Å². The van der Waals surface area contributed by atoms with Gasteiger partial charge in [-0.25, -0.2) is 0 Å². The molecule has 102 valence electrons. The first-order valence-corrected chi connectivity index (χ1v) is 7.91. The lowest BCUT2D eigenvalue weighted by molar-refractivity contribution is 0.0868. The summed E-state index contributed by atoms with van der Waals surface area (Å²) < 4.78 is 0. The fourth-order valence-electron chi connectivity index (χ4n) is 4.08. The van der Waals surface area contributed by atoms with Crippen molar-refractivity contribution in [1.82, 2.24) is 9.80 Å². The van der Waals surface area contributed by atoms with Crippen LogP contribution in [0.1, 0.15) is 33.1 Å². The van der Waals surface area contributed by atoms with E-state index in [0.717, 1.165) is 23.8 Å². The van der Waals surface area contributed by atoms with Crippen molar-refractivity contribution in [3.63, 3.8) is 0 Å². The Labute approximate surface area is 112 Å². The highest BCUT2D eigenvalue weighted by molar-refractivity contribution is 5.10. The van der Waals surface area contributed by atoms with E-state index in [1.807, 2.05) is 0 Å². The number of fused-ring (bicyclic) bond motifs is 2. The first kappa shape index (κ1) is 12.7. The van der Waals surface area contributed by atoms with Crippen LogP contribution in [-0.4, -0.2) is 48.6 Å². The standard InChI is InChI=1S/C16H28N2/c1-3-13(2)18-8-6-17(7-9-18)12-16-11-14-4-5-15(16)10-14/h4-5,13-16H,3,6-12H2,1-2H3. The van der Waals surface area contributed by atoms with Crippen LogP contribution in [0, 0.1) is 17.8 Å². The highest BCUT2D eigenvalue weighted by Crippen LogP contribution is 2.43. The lowest BCUT2D eigenvalue weighted by atomic mass is 9.93. The summed E-state index contributed by atoms with van der Waals surface area (Å²) in [5, 5.41) is 0. The van der Waals surface area contributed by atoms with Gasteiger partial charge in [0.05, 0.1) is 0 Å². The summed E-state index contributed by atoms with van der Waals surface area (Å²) in [5.74, 6) is 2.82. The quantitative estimate of drug-likeness (QED) is 0.706. The molecule has 0 aromatic carbocycles. The minimum Gasteiger partial charge on any atom is -0.300 e. The number of allylic oxidation sites excluding steroid dienone is 2. The van der Waals surface area contributed by atoms with Crippen LogP contribution in [0.2, 0.25) is 0 Å². The molecular formula is C16H28N2. The molecule has 1 saturated carbocycles. The Morgan fingerprint density at radius 1 is 1.11 bits per heavy atom. The average Bonchev–Trinajstić information content (AvgIpc) is 3.01. The van der Waals surface area contributed by atoms with Gasteiger partial charge in [0.15, 0.2) is 0 Å². The van der Waals surface area contributed by atoms with E-state index in [4.69, 9.17) is 0 Å². The smallest absolute Gasteiger partial charge is 0.0113 e. The van der Waals surface area contributed by atoms with Gasteiger partial charge < -0.3 is 4.90 Å². The number of nitrogens with zero attached hydrogens (tertiary/aromatic N) is 2. The van der Waals surface area contributed by atoms with Gasteiger partial charge in [0.1, 0.15) is 0 Å². The van der Waals surface area contributed by atoms with E-state index in [0.29, 0.717) is 0 Å². The third-order valence-electron chi connectivity index (χ3n) is 5.53. The molecule has 4 unspecified atom stereocenters. The molecule has 1 heterocycles. The Kier molecular flexibility index (Phi) is 3.76. The maximum Gasteiger partial charge on any atom is 0.0113 e. The van der Waals surface area contributed by atoms with Crippen molar-refractivity contribution >= 4 is 0 Å². The highest BCUT2D eigenvalue weighted by atomic mass is 15.3. The summed E-state index contributed by atoms with van der Waals surface area (Å²) in [6, 6.07) is 0.776. The predicted molar refractivity (Wildman–Crippen MR) is 76.6 cm³/mol. The third-order valence-corrected chi connectivity index (χ3v) is 5.53. The predicted octanol–water partition coefficient (Wildman–Crippen LogP) is 2.61. The number of rotatable bonds is 4. The van der Waals surface area contributed by atoms with Gasteiger partial charge in [-0.15, -0.1) is 0 Å². The number of hydrogen-bond acceptors (Lipinski definition) is 2. The zero-order chi connectivity index (χ0) is 12.5. The van der Waals surface area contributed by atoms with Crippen LogP contribution >= 0.6 is 0 Å². The molecule has 0 radical (unpaired) electrons. The highest BCUT2D eigenvalue weighted by Gasteiger charge is 2.36. The van der Waals surface area contributed by atoms with Crippen molar-refractivity contribution in [2.75, 3.05) is 32.7 Å². The lowest BCUT2D eigenvalue weighted by Crippen LogP contribution is -2.50.